The molecule has 0 radical (unpaired) electrons. The Morgan fingerprint density at radius 1 is 0.934 bits per heavy atom. The van der Waals surface area contributed by atoms with Gasteiger partial charge >= 0.3 is 0 Å². The van der Waals surface area contributed by atoms with Crippen LogP contribution in [0.3, 0.4) is 0 Å². The highest BCUT2D eigenvalue weighted by molar-refractivity contribution is 6.08. The van der Waals surface area contributed by atoms with Crippen molar-refractivity contribution in [3.8, 4) is 11.1 Å². The van der Waals surface area contributed by atoms with Gasteiger partial charge in [0.25, 0.3) is 11.5 Å². The van der Waals surface area contributed by atoms with Crippen molar-refractivity contribution in [3.05, 3.63) is 111 Å². The number of pyridine rings is 2. The van der Waals surface area contributed by atoms with Crippen molar-refractivity contribution in [2.24, 2.45) is 0 Å². The first-order chi connectivity index (χ1) is 29.4. The van der Waals surface area contributed by atoms with Gasteiger partial charge < -0.3 is 15.2 Å². The summed E-state index contributed by atoms with van der Waals surface area (Å²) >= 11 is 0. The van der Waals surface area contributed by atoms with Gasteiger partial charge in [0.05, 0.1) is 23.2 Å². The molecule has 3 saturated heterocycles. The number of carbonyl (C=O) groups is 3. The summed E-state index contributed by atoms with van der Waals surface area (Å²) in [7, 11) is 0. The van der Waals surface area contributed by atoms with E-state index in [0.717, 1.165) is 110 Å². The molecular weight excluding hydrogens is 774 g/mol. The third-order valence-electron chi connectivity index (χ3n) is 12.6. The molecule has 61 heavy (non-hydrogen) atoms. The minimum absolute atomic E-state index is 0.0853. The van der Waals surface area contributed by atoms with Gasteiger partial charge in [-0.05, 0) is 113 Å². The number of piperidine rings is 2. The molecule has 3 aliphatic heterocycles. The van der Waals surface area contributed by atoms with Gasteiger partial charge in [0.2, 0.25) is 11.8 Å². The van der Waals surface area contributed by atoms with Crippen LogP contribution in [-0.2, 0) is 29.1 Å². The lowest BCUT2D eigenvalue weighted by molar-refractivity contribution is -0.134. The van der Waals surface area contributed by atoms with Crippen molar-refractivity contribution in [1.29, 1.82) is 0 Å². The maximum atomic E-state index is 15.1. The van der Waals surface area contributed by atoms with Crippen LogP contribution in [0.2, 0.25) is 0 Å². The molecule has 3 aromatic heterocycles. The molecule has 3 amide bonds. The number of rotatable bonds is 12. The number of likely N-dealkylation sites (tertiary alicyclic amines) is 1. The number of H-pyrrole nitrogens is 1. The molecule has 0 bridgehead atoms. The Bertz CT molecular complexity index is 2480. The van der Waals surface area contributed by atoms with Crippen LogP contribution < -0.4 is 21.1 Å². The number of benzene rings is 2. The topological polar surface area (TPSA) is 149 Å². The summed E-state index contributed by atoms with van der Waals surface area (Å²) in [6, 6.07) is 15.8. The van der Waals surface area contributed by atoms with Gasteiger partial charge in [0.15, 0.2) is 0 Å². The summed E-state index contributed by atoms with van der Waals surface area (Å²) in [5.74, 6) is -1.07. The first kappa shape index (κ1) is 42.0. The number of aromatic amines is 1. The second-order valence-corrected chi connectivity index (χ2v) is 17.2. The van der Waals surface area contributed by atoms with Crippen LogP contribution in [0.25, 0.3) is 22.0 Å². The van der Waals surface area contributed by atoms with E-state index in [0.29, 0.717) is 35.7 Å². The van der Waals surface area contributed by atoms with Gasteiger partial charge in [0, 0.05) is 91.7 Å². The zero-order valence-electron chi connectivity index (χ0n) is 35.6. The fourth-order valence-corrected chi connectivity index (χ4v) is 9.35. The van der Waals surface area contributed by atoms with Crippen molar-refractivity contribution >= 4 is 34.4 Å². The summed E-state index contributed by atoms with van der Waals surface area (Å²) in [5, 5.41) is 10.7. The lowest BCUT2D eigenvalue weighted by Gasteiger charge is -2.43. The molecule has 1 atom stereocenters. The lowest BCUT2D eigenvalue weighted by Crippen LogP contribution is -2.53. The van der Waals surface area contributed by atoms with Gasteiger partial charge in [0.1, 0.15) is 11.6 Å². The molecule has 8 rings (SSSR count). The third-order valence-corrected chi connectivity index (χ3v) is 12.6. The number of imide groups is 1. The molecule has 320 valence electrons. The van der Waals surface area contributed by atoms with Crippen molar-refractivity contribution in [2.45, 2.75) is 97.3 Å². The molecule has 3 N–H and O–H groups in total. The van der Waals surface area contributed by atoms with Crippen LogP contribution in [0.1, 0.15) is 103 Å². The SMILES string of the molecule is CCCc1cc(C)[nH]c(=O)c1CNC(=O)c1cc(-c2ccc(N3CCN(C4CCN(Cc5ccc(C6CCC(=O)NC6=O)c(F)c5)CC4)CC3)nc2)cc2c1cnn2C(C)C. The van der Waals surface area contributed by atoms with Gasteiger partial charge in [-0.3, -0.25) is 39.0 Å². The van der Waals surface area contributed by atoms with Gasteiger partial charge in [-0.25, -0.2) is 9.37 Å². The fraction of sp³-hybridized carbons (Fsp3) is 0.447. The Balaban J connectivity index is 0.876. The molecular formula is C47H56FN9O4. The molecule has 1 unspecified atom stereocenters. The first-order valence-corrected chi connectivity index (χ1v) is 21.8. The van der Waals surface area contributed by atoms with Crippen molar-refractivity contribution in [2.75, 3.05) is 44.2 Å². The predicted octanol–water partition coefficient (Wildman–Crippen LogP) is 6.00. The monoisotopic (exact) mass is 829 g/mol. The predicted molar refractivity (Wildman–Crippen MR) is 234 cm³/mol. The van der Waals surface area contributed by atoms with Gasteiger partial charge in [-0.15, -0.1) is 0 Å². The Labute approximate surface area is 355 Å². The molecule has 5 aromatic rings. The van der Waals surface area contributed by atoms with E-state index < -0.39 is 11.8 Å². The maximum absolute atomic E-state index is 15.1. The Morgan fingerprint density at radius 2 is 1.72 bits per heavy atom. The second-order valence-electron chi connectivity index (χ2n) is 17.2. The normalized spacial score (nSPS) is 18.3. The summed E-state index contributed by atoms with van der Waals surface area (Å²) in [6.07, 6.45) is 7.94. The minimum atomic E-state index is -0.624. The number of aryl methyl sites for hydroxylation is 2. The van der Waals surface area contributed by atoms with Crippen molar-refractivity contribution < 1.29 is 18.8 Å². The van der Waals surface area contributed by atoms with E-state index in [1.165, 1.54) is 0 Å². The third kappa shape index (κ3) is 9.15. The Kier molecular flexibility index (Phi) is 12.4. The highest BCUT2D eigenvalue weighted by Crippen LogP contribution is 2.32. The van der Waals surface area contributed by atoms with Crippen LogP contribution in [0.15, 0.2) is 65.7 Å². The zero-order valence-corrected chi connectivity index (χ0v) is 35.6. The summed E-state index contributed by atoms with van der Waals surface area (Å²) in [4.78, 5) is 65.7. The van der Waals surface area contributed by atoms with Gasteiger partial charge in [-0.2, -0.15) is 5.10 Å². The lowest BCUT2D eigenvalue weighted by atomic mass is 9.89. The number of amides is 3. The van der Waals surface area contributed by atoms with Crippen molar-refractivity contribution in [3.63, 3.8) is 0 Å². The number of carbonyl (C=O) groups excluding carboxylic acids is 3. The minimum Gasteiger partial charge on any atom is -0.354 e. The molecule has 6 heterocycles. The number of hydrogen-bond donors (Lipinski definition) is 3. The van der Waals surface area contributed by atoms with E-state index >= 15 is 4.39 Å². The van der Waals surface area contributed by atoms with E-state index in [2.05, 4.69) is 74.4 Å². The molecule has 13 nitrogen and oxygen atoms in total. The number of aromatic nitrogens is 4. The molecule has 2 aromatic carbocycles. The average molecular weight is 830 g/mol. The molecule has 0 spiro atoms. The van der Waals surface area contributed by atoms with Crippen LogP contribution in [0.5, 0.6) is 0 Å². The number of anilines is 1. The van der Waals surface area contributed by atoms with Crippen LogP contribution in [0, 0.1) is 12.7 Å². The zero-order chi connectivity index (χ0) is 42.8. The van der Waals surface area contributed by atoms with E-state index in [9.17, 15) is 19.2 Å². The number of halogens is 1. The van der Waals surface area contributed by atoms with E-state index in [4.69, 9.17) is 4.98 Å². The Morgan fingerprint density at radius 3 is 2.41 bits per heavy atom. The smallest absolute Gasteiger partial charge is 0.253 e. The van der Waals surface area contributed by atoms with E-state index in [-0.39, 0.29) is 42.2 Å². The number of fused-ring (bicyclic) bond motifs is 1. The summed E-state index contributed by atoms with van der Waals surface area (Å²) in [5.41, 5.74) is 6.54. The quantitative estimate of drug-likeness (QED) is 0.129. The number of nitrogens with one attached hydrogen (secondary N) is 3. The number of hydrogen-bond acceptors (Lipinski definition) is 9. The molecule has 0 aliphatic carbocycles. The molecule has 14 heteroatoms. The highest BCUT2D eigenvalue weighted by Gasteiger charge is 2.31. The summed E-state index contributed by atoms with van der Waals surface area (Å²) < 4.78 is 17.1. The largest absolute Gasteiger partial charge is 0.354 e. The number of piperazine rings is 1. The molecule has 3 fully saturated rings. The van der Waals surface area contributed by atoms with Crippen LogP contribution >= 0.6 is 0 Å². The maximum Gasteiger partial charge on any atom is 0.253 e. The molecule has 0 saturated carbocycles. The van der Waals surface area contributed by atoms with E-state index in [1.54, 1.807) is 18.3 Å². The van der Waals surface area contributed by atoms with Crippen molar-refractivity contribution in [1.82, 2.24) is 40.2 Å². The van der Waals surface area contributed by atoms with Crippen LogP contribution in [0.4, 0.5) is 10.2 Å². The van der Waals surface area contributed by atoms with Gasteiger partial charge in [-0.1, -0.05) is 25.5 Å². The van der Waals surface area contributed by atoms with Crippen LogP contribution in [-0.4, -0.2) is 92.6 Å². The summed E-state index contributed by atoms with van der Waals surface area (Å²) in [6.45, 7) is 14.4. The Hall–Kier alpha value is -5.73. The molecule has 3 aliphatic rings. The fourth-order valence-electron chi connectivity index (χ4n) is 9.35. The number of nitrogens with zero attached hydrogens (tertiary/aromatic N) is 6. The first-order valence-electron chi connectivity index (χ1n) is 21.8. The second kappa shape index (κ2) is 18.1. The standard InChI is InChI=1S/C47H56FN9O4/c1-5-6-32-21-30(4)52-47(61)39(32)26-50-45(59)38-23-34(24-42-40(38)27-51-57(42)29(2)3)33-8-11-43(49-25-33)56-19-17-55(18-20-56)35-13-15-54(16-14-35)28-31-7-9-36(41(48)22-31)37-10-12-44(58)53-46(37)60/h7-9,11,21-25,27,29,35,37H,5-6,10,12-20,26,28H2,1-4H3,(H,50,59)(H,52,61)(H,53,58,60). The highest BCUT2D eigenvalue weighted by atomic mass is 19.1. The van der Waals surface area contributed by atoms with E-state index in [1.807, 2.05) is 36.0 Å². The average Bonchev–Trinajstić information content (AvgIpc) is 3.69.